The monoisotopic (exact) mass is 353 g/mol. The van der Waals surface area contributed by atoms with E-state index in [9.17, 15) is 4.79 Å². The van der Waals surface area contributed by atoms with Crippen molar-refractivity contribution in [3.8, 4) is 0 Å². The second-order valence-corrected chi connectivity index (χ2v) is 7.38. The summed E-state index contributed by atoms with van der Waals surface area (Å²) in [5.74, 6) is 0.797. The fourth-order valence-corrected chi connectivity index (χ4v) is 4.54. The summed E-state index contributed by atoms with van der Waals surface area (Å²) in [6.45, 7) is 3.07. The highest BCUT2D eigenvalue weighted by molar-refractivity contribution is 5.73. The Kier molecular flexibility index (Phi) is 5.11. The van der Waals surface area contributed by atoms with Gasteiger partial charge in [-0.3, -0.25) is 4.79 Å². The number of hydrogen-bond donors (Lipinski definition) is 1. The van der Waals surface area contributed by atoms with E-state index < -0.39 is 0 Å². The van der Waals surface area contributed by atoms with Gasteiger partial charge in [-0.2, -0.15) is 0 Å². The van der Waals surface area contributed by atoms with Crippen LogP contribution in [-0.4, -0.2) is 25.2 Å². The molecule has 1 aliphatic carbocycles. The topological polar surface area (TPSA) is 47.6 Å². The Morgan fingerprint density at radius 1 is 1.35 bits per heavy atom. The van der Waals surface area contributed by atoms with Crippen LogP contribution in [0.4, 0.5) is 5.69 Å². The average molecular weight is 353 g/mol. The molecule has 0 amide bonds. The van der Waals surface area contributed by atoms with E-state index in [1.807, 2.05) is 13.0 Å². The van der Waals surface area contributed by atoms with Gasteiger partial charge in [-0.25, -0.2) is 0 Å². The lowest BCUT2D eigenvalue weighted by Crippen LogP contribution is -2.45. The number of rotatable bonds is 4. The Balaban J connectivity index is 1.61. The Morgan fingerprint density at radius 3 is 3.08 bits per heavy atom. The van der Waals surface area contributed by atoms with E-state index in [1.54, 1.807) is 0 Å². The molecule has 2 heterocycles. The zero-order valence-electron chi connectivity index (χ0n) is 15.3. The molecule has 0 radical (unpaired) electrons. The van der Waals surface area contributed by atoms with Crippen LogP contribution in [0.1, 0.15) is 43.4 Å². The molecule has 1 aromatic carbocycles. The van der Waals surface area contributed by atoms with Crippen molar-refractivity contribution in [3.63, 3.8) is 0 Å². The molecule has 4 heteroatoms. The molecule has 1 fully saturated rings. The predicted octanol–water partition coefficient (Wildman–Crippen LogP) is 4.19. The second-order valence-electron chi connectivity index (χ2n) is 7.38. The van der Waals surface area contributed by atoms with E-state index >= 15 is 0 Å². The quantitative estimate of drug-likeness (QED) is 0.825. The van der Waals surface area contributed by atoms with E-state index in [-0.39, 0.29) is 12.1 Å². The summed E-state index contributed by atoms with van der Waals surface area (Å²) >= 11 is 0. The lowest BCUT2D eigenvalue weighted by Gasteiger charge is -2.45. The third kappa shape index (κ3) is 3.43. The van der Waals surface area contributed by atoms with E-state index in [0.29, 0.717) is 30.9 Å². The van der Waals surface area contributed by atoms with Crippen molar-refractivity contribution in [1.29, 1.82) is 0 Å². The van der Waals surface area contributed by atoms with Crippen molar-refractivity contribution in [2.45, 2.75) is 44.8 Å². The van der Waals surface area contributed by atoms with Gasteiger partial charge in [-0.1, -0.05) is 36.4 Å². The second kappa shape index (κ2) is 7.67. The largest absolute Gasteiger partial charge is 0.466 e. The first-order valence-electron chi connectivity index (χ1n) is 9.76. The van der Waals surface area contributed by atoms with Gasteiger partial charge in [-0.15, -0.1) is 0 Å². The summed E-state index contributed by atoms with van der Waals surface area (Å²) in [4.78, 5) is 11.8. The van der Waals surface area contributed by atoms with Crippen molar-refractivity contribution in [3.05, 3.63) is 53.6 Å². The van der Waals surface area contributed by atoms with Crippen LogP contribution in [0.15, 0.2) is 42.5 Å². The Labute approximate surface area is 155 Å². The Bertz CT molecular complexity index is 724. The fraction of sp³-hybridized carbons (Fsp3) is 0.500. The third-order valence-corrected chi connectivity index (χ3v) is 5.70. The number of hydrogen-bond acceptors (Lipinski definition) is 4. The molecule has 0 spiro atoms. The highest BCUT2D eigenvalue weighted by atomic mass is 16.5. The molecule has 0 bridgehead atoms. The predicted molar refractivity (Wildman–Crippen MR) is 102 cm³/mol. The van der Waals surface area contributed by atoms with Crippen molar-refractivity contribution in [2.24, 2.45) is 11.8 Å². The molecule has 26 heavy (non-hydrogen) atoms. The van der Waals surface area contributed by atoms with Crippen LogP contribution >= 0.6 is 0 Å². The SMILES string of the molecule is CCOC(=O)Cc1ccc2c(c1)[C@H]1OCCC[C@H]1[C@H](C1C=CC=CC1)N2. The lowest BCUT2D eigenvalue weighted by atomic mass is 9.73. The number of anilines is 1. The first kappa shape index (κ1) is 17.3. The van der Waals surface area contributed by atoms with E-state index in [2.05, 4.69) is 41.8 Å². The van der Waals surface area contributed by atoms with E-state index in [1.165, 1.54) is 12.0 Å². The minimum absolute atomic E-state index is 0.117. The number of ether oxygens (including phenoxy) is 2. The number of fused-ring (bicyclic) bond motifs is 3. The number of carbonyl (C=O) groups is 1. The molecule has 4 atom stereocenters. The van der Waals surface area contributed by atoms with Crippen molar-refractivity contribution in [1.82, 2.24) is 0 Å². The first-order valence-corrected chi connectivity index (χ1v) is 9.76. The zero-order chi connectivity index (χ0) is 17.9. The van der Waals surface area contributed by atoms with Gasteiger partial charge in [0.2, 0.25) is 0 Å². The summed E-state index contributed by atoms with van der Waals surface area (Å²) in [5.41, 5.74) is 3.34. The maximum atomic E-state index is 11.8. The maximum absolute atomic E-state index is 11.8. The number of benzene rings is 1. The fourth-order valence-electron chi connectivity index (χ4n) is 4.54. The maximum Gasteiger partial charge on any atom is 0.310 e. The Hall–Kier alpha value is -2.07. The van der Waals surface area contributed by atoms with Crippen LogP contribution in [0, 0.1) is 11.8 Å². The van der Waals surface area contributed by atoms with E-state index in [0.717, 1.165) is 30.7 Å². The number of carbonyl (C=O) groups excluding carboxylic acids is 1. The normalized spacial score (nSPS) is 29.4. The molecule has 3 aliphatic rings. The van der Waals surface area contributed by atoms with Gasteiger partial charge in [0.05, 0.1) is 19.1 Å². The number of esters is 1. The van der Waals surface area contributed by atoms with Gasteiger partial charge in [0.25, 0.3) is 0 Å². The van der Waals surface area contributed by atoms with E-state index in [4.69, 9.17) is 9.47 Å². The molecule has 1 saturated heterocycles. The molecule has 0 aromatic heterocycles. The minimum atomic E-state index is -0.172. The minimum Gasteiger partial charge on any atom is -0.466 e. The van der Waals surface area contributed by atoms with Crippen molar-refractivity contribution < 1.29 is 14.3 Å². The highest BCUT2D eigenvalue weighted by Gasteiger charge is 2.41. The molecule has 1 aromatic rings. The van der Waals surface area contributed by atoms with Gasteiger partial charge in [-0.05, 0) is 37.8 Å². The summed E-state index contributed by atoms with van der Waals surface area (Å²) < 4.78 is 11.3. The number of nitrogens with one attached hydrogen (secondary N) is 1. The molecule has 138 valence electrons. The summed E-state index contributed by atoms with van der Waals surface area (Å²) in [6, 6.07) is 6.66. The smallest absolute Gasteiger partial charge is 0.310 e. The molecule has 2 aliphatic heterocycles. The van der Waals surface area contributed by atoms with Gasteiger partial charge in [0, 0.05) is 35.7 Å². The molecule has 4 rings (SSSR count). The molecular weight excluding hydrogens is 326 g/mol. The van der Waals surface area contributed by atoms with Crippen molar-refractivity contribution in [2.75, 3.05) is 18.5 Å². The van der Waals surface area contributed by atoms with Crippen LogP contribution < -0.4 is 5.32 Å². The standard InChI is InChI=1S/C22H27NO3/c1-2-25-20(24)14-15-10-11-19-18(13-15)22-17(9-6-12-26-22)21(23-19)16-7-4-3-5-8-16/h3-5,7,10-11,13,16-17,21-23H,2,6,8-9,12,14H2,1H3/t16?,17-,21-,22-/m0/s1. The first-order chi connectivity index (χ1) is 12.8. The van der Waals surface area contributed by atoms with Crippen LogP contribution in [-0.2, 0) is 20.7 Å². The summed E-state index contributed by atoms with van der Waals surface area (Å²) in [5, 5.41) is 3.79. The van der Waals surface area contributed by atoms with Gasteiger partial charge in [0.1, 0.15) is 0 Å². The van der Waals surface area contributed by atoms with Crippen LogP contribution in [0.3, 0.4) is 0 Å². The van der Waals surface area contributed by atoms with Gasteiger partial charge in [0.15, 0.2) is 0 Å². The van der Waals surface area contributed by atoms with Gasteiger partial charge >= 0.3 is 5.97 Å². The van der Waals surface area contributed by atoms with Gasteiger partial charge < -0.3 is 14.8 Å². The molecule has 4 nitrogen and oxygen atoms in total. The van der Waals surface area contributed by atoms with Crippen molar-refractivity contribution >= 4 is 11.7 Å². The number of allylic oxidation sites excluding steroid dienone is 3. The van der Waals surface area contributed by atoms with Crippen LogP contribution in [0.25, 0.3) is 0 Å². The molecule has 1 unspecified atom stereocenters. The molecule has 1 N–H and O–H groups in total. The molecular formula is C22H27NO3. The summed E-state index contributed by atoms with van der Waals surface area (Å²) in [6.07, 6.45) is 12.7. The molecule has 0 saturated carbocycles. The van der Waals surface area contributed by atoms with Crippen LogP contribution in [0.5, 0.6) is 0 Å². The van der Waals surface area contributed by atoms with Crippen LogP contribution in [0.2, 0.25) is 0 Å². The summed E-state index contributed by atoms with van der Waals surface area (Å²) in [7, 11) is 0. The highest BCUT2D eigenvalue weighted by Crippen LogP contribution is 2.46. The lowest BCUT2D eigenvalue weighted by molar-refractivity contribution is -0.142. The Morgan fingerprint density at radius 2 is 2.27 bits per heavy atom. The zero-order valence-corrected chi connectivity index (χ0v) is 15.3. The average Bonchev–Trinajstić information content (AvgIpc) is 2.68. The third-order valence-electron chi connectivity index (χ3n) is 5.70.